The Hall–Kier alpha value is -2.64. The number of fused-ring (bicyclic) bond motifs is 3. The first-order valence-electron chi connectivity index (χ1n) is 11.5. The largest absolute Gasteiger partial charge is 0.366 e. The van der Waals surface area contributed by atoms with E-state index >= 15 is 0 Å². The van der Waals surface area contributed by atoms with Crippen molar-refractivity contribution in [3.8, 4) is 11.3 Å². The second-order valence-corrected chi connectivity index (χ2v) is 9.89. The van der Waals surface area contributed by atoms with Crippen LogP contribution in [0.15, 0.2) is 40.2 Å². The Morgan fingerprint density at radius 3 is 3.03 bits per heavy atom. The summed E-state index contributed by atoms with van der Waals surface area (Å²) < 4.78 is 5.54. The van der Waals surface area contributed by atoms with Gasteiger partial charge in [-0.2, -0.15) is 0 Å². The Bertz CT molecular complexity index is 1110. The van der Waals surface area contributed by atoms with E-state index < -0.39 is 0 Å². The summed E-state index contributed by atoms with van der Waals surface area (Å²) in [5.74, 6) is 0.657. The van der Waals surface area contributed by atoms with Gasteiger partial charge >= 0.3 is 0 Å². The molecule has 168 valence electrons. The fourth-order valence-electron chi connectivity index (χ4n) is 4.92. The summed E-state index contributed by atoms with van der Waals surface area (Å²) in [6, 6.07) is 11.3. The number of benzene rings is 1. The molecule has 3 aromatic rings. The van der Waals surface area contributed by atoms with Crippen molar-refractivity contribution in [1.29, 1.82) is 0 Å². The molecule has 2 aliphatic rings. The minimum Gasteiger partial charge on any atom is -0.366 e. The molecule has 0 bridgehead atoms. The molecular weight excluding hydrogens is 420 g/mol. The Kier molecular flexibility index (Phi) is 6.02. The second-order valence-electron chi connectivity index (χ2n) is 8.89. The first-order valence-corrected chi connectivity index (χ1v) is 12.4. The van der Waals surface area contributed by atoms with Crippen LogP contribution in [0.5, 0.6) is 0 Å². The van der Waals surface area contributed by atoms with Gasteiger partial charge in [-0.3, -0.25) is 9.69 Å². The molecule has 1 aliphatic heterocycles. The lowest BCUT2D eigenvalue weighted by molar-refractivity contribution is 0.0941. The summed E-state index contributed by atoms with van der Waals surface area (Å²) in [7, 11) is 0. The molecule has 1 fully saturated rings. The van der Waals surface area contributed by atoms with Gasteiger partial charge in [-0.25, -0.2) is 0 Å². The number of hydrogen-bond acceptors (Lipinski definition) is 6. The molecule has 1 atom stereocenters. The molecule has 7 heteroatoms. The maximum atomic E-state index is 12.7. The third kappa shape index (κ3) is 4.19. The van der Waals surface area contributed by atoms with Gasteiger partial charge < -0.3 is 14.7 Å². The van der Waals surface area contributed by atoms with Crippen LogP contribution in [0.1, 0.15) is 39.8 Å². The molecule has 1 aliphatic carbocycles. The van der Waals surface area contributed by atoms with E-state index in [1.165, 1.54) is 16.1 Å². The average Bonchev–Trinajstić information content (AvgIpc) is 3.43. The number of carbonyl (C=O) groups is 1. The third-order valence-electron chi connectivity index (χ3n) is 6.58. The number of nitrogens with one attached hydrogen (secondary N) is 1. The standard InChI is InChI=1S/C25H30N4O2S/c1-17-5-3-6-19(15-17)29-13-12-28(16-18(29)2)11-4-10-26-25(30)23-21-7-8-22-20(9-14-32-22)24(21)31-27-23/h3,5-6,9,14-15,18H,4,7-8,10-13,16H2,1-2H3,(H,26,30). The number of piperazine rings is 1. The highest BCUT2D eigenvalue weighted by molar-refractivity contribution is 7.10. The zero-order valence-electron chi connectivity index (χ0n) is 18.8. The minimum absolute atomic E-state index is 0.119. The SMILES string of the molecule is Cc1cccc(N2CCN(CCCNC(=O)c3noc4c3CCc3sccc3-4)CC2C)c1. The van der Waals surface area contributed by atoms with Crippen LogP contribution in [0, 0.1) is 6.92 Å². The van der Waals surface area contributed by atoms with Crippen LogP contribution in [-0.2, 0) is 12.8 Å². The molecule has 1 amide bonds. The van der Waals surface area contributed by atoms with E-state index in [1.54, 1.807) is 11.3 Å². The van der Waals surface area contributed by atoms with E-state index in [0.29, 0.717) is 18.3 Å². The summed E-state index contributed by atoms with van der Waals surface area (Å²) in [6.45, 7) is 9.20. The van der Waals surface area contributed by atoms with Gasteiger partial charge in [-0.1, -0.05) is 17.3 Å². The summed E-state index contributed by atoms with van der Waals surface area (Å²) in [5, 5.41) is 9.22. The first kappa shape index (κ1) is 21.2. The smallest absolute Gasteiger partial charge is 0.273 e. The van der Waals surface area contributed by atoms with E-state index in [9.17, 15) is 4.79 Å². The van der Waals surface area contributed by atoms with Gasteiger partial charge in [0, 0.05) is 53.9 Å². The van der Waals surface area contributed by atoms with E-state index in [2.05, 4.69) is 69.8 Å². The number of amides is 1. The maximum absolute atomic E-state index is 12.7. The van der Waals surface area contributed by atoms with E-state index in [1.807, 2.05) is 0 Å². The Morgan fingerprint density at radius 1 is 1.28 bits per heavy atom. The molecule has 0 radical (unpaired) electrons. The first-order chi connectivity index (χ1) is 15.6. The van der Waals surface area contributed by atoms with Crippen molar-refractivity contribution in [2.24, 2.45) is 0 Å². The predicted molar refractivity (Wildman–Crippen MR) is 129 cm³/mol. The van der Waals surface area contributed by atoms with Crippen molar-refractivity contribution in [2.45, 2.75) is 39.2 Å². The van der Waals surface area contributed by atoms with Crippen molar-refractivity contribution < 1.29 is 9.32 Å². The molecule has 0 spiro atoms. The number of anilines is 1. The van der Waals surface area contributed by atoms with Crippen LogP contribution >= 0.6 is 11.3 Å². The molecule has 5 rings (SSSR count). The van der Waals surface area contributed by atoms with Crippen LogP contribution in [-0.4, -0.2) is 54.7 Å². The number of aryl methyl sites for hydroxylation is 2. The summed E-state index contributed by atoms with van der Waals surface area (Å²) in [6.07, 6.45) is 2.70. The maximum Gasteiger partial charge on any atom is 0.273 e. The topological polar surface area (TPSA) is 61.6 Å². The summed E-state index contributed by atoms with van der Waals surface area (Å²) in [5.41, 5.74) is 5.13. The third-order valence-corrected chi connectivity index (χ3v) is 7.56. The van der Waals surface area contributed by atoms with Gasteiger partial charge in [0.1, 0.15) is 0 Å². The number of thiophene rings is 1. The lowest BCUT2D eigenvalue weighted by Crippen LogP contribution is -2.52. The van der Waals surface area contributed by atoms with Crippen LogP contribution < -0.4 is 10.2 Å². The number of aromatic nitrogens is 1. The molecule has 32 heavy (non-hydrogen) atoms. The van der Waals surface area contributed by atoms with Crippen molar-refractivity contribution in [3.63, 3.8) is 0 Å². The van der Waals surface area contributed by atoms with Crippen LogP contribution in [0.2, 0.25) is 0 Å². The van der Waals surface area contributed by atoms with Crippen molar-refractivity contribution in [1.82, 2.24) is 15.4 Å². The van der Waals surface area contributed by atoms with Gasteiger partial charge in [0.25, 0.3) is 5.91 Å². The molecular formula is C25H30N4O2S. The molecule has 2 aromatic heterocycles. The Labute approximate surface area is 193 Å². The fraction of sp³-hybridized carbons (Fsp3) is 0.440. The molecule has 1 aromatic carbocycles. The van der Waals surface area contributed by atoms with Crippen LogP contribution in [0.25, 0.3) is 11.3 Å². The predicted octanol–water partition coefficient (Wildman–Crippen LogP) is 4.14. The highest BCUT2D eigenvalue weighted by Crippen LogP contribution is 2.38. The summed E-state index contributed by atoms with van der Waals surface area (Å²) >= 11 is 1.74. The van der Waals surface area contributed by atoms with Crippen LogP contribution in [0.4, 0.5) is 5.69 Å². The van der Waals surface area contributed by atoms with Crippen LogP contribution in [0.3, 0.4) is 0 Å². The Morgan fingerprint density at radius 2 is 2.19 bits per heavy atom. The highest BCUT2D eigenvalue weighted by Gasteiger charge is 2.28. The van der Waals surface area contributed by atoms with Gasteiger partial charge in [0.15, 0.2) is 11.5 Å². The summed E-state index contributed by atoms with van der Waals surface area (Å²) in [4.78, 5) is 19.0. The van der Waals surface area contributed by atoms with Gasteiger partial charge in [-0.15, -0.1) is 11.3 Å². The van der Waals surface area contributed by atoms with E-state index in [-0.39, 0.29) is 5.91 Å². The molecule has 1 saturated heterocycles. The van der Waals surface area contributed by atoms with Gasteiger partial charge in [0.05, 0.1) is 0 Å². The zero-order chi connectivity index (χ0) is 22.1. The zero-order valence-corrected chi connectivity index (χ0v) is 19.6. The normalized spacial score (nSPS) is 18.3. The monoisotopic (exact) mass is 450 g/mol. The molecule has 6 nitrogen and oxygen atoms in total. The van der Waals surface area contributed by atoms with E-state index in [0.717, 1.165) is 62.3 Å². The molecule has 3 heterocycles. The highest BCUT2D eigenvalue weighted by atomic mass is 32.1. The number of nitrogens with zero attached hydrogens (tertiary/aromatic N) is 3. The van der Waals surface area contributed by atoms with Gasteiger partial charge in [0.2, 0.25) is 0 Å². The van der Waals surface area contributed by atoms with Crippen molar-refractivity contribution in [3.05, 3.63) is 57.4 Å². The fourth-order valence-corrected chi connectivity index (χ4v) is 5.80. The number of carbonyl (C=O) groups excluding carboxylic acids is 1. The minimum atomic E-state index is -0.119. The van der Waals surface area contributed by atoms with E-state index in [4.69, 9.17) is 4.52 Å². The van der Waals surface area contributed by atoms with Gasteiger partial charge in [-0.05, 0) is 68.8 Å². The average molecular weight is 451 g/mol. The number of hydrogen-bond donors (Lipinski definition) is 1. The second kappa shape index (κ2) is 9.08. The quantitative estimate of drug-likeness (QED) is 0.572. The van der Waals surface area contributed by atoms with Crippen molar-refractivity contribution >= 4 is 22.9 Å². The number of rotatable bonds is 6. The Balaban J connectivity index is 1.09. The lowest BCUT2D eigenvalue weighted by Gasteiger charge is -2.41. The molecule has 0 saturated carbocycles. The lowest BCUT2D eigenvalue weighted by atomic mass is 9.95. The van der Waals surface area contributed by atoms with Crippen molar-refractivity contribution in [2.75, 3.05) is 37.6 Å². The molecule has 1 unspecified atom stereocenters. The molecule has 1 N–H and O–H groups in total.